The molecule has 164 valence electrons. The first-order chi connectivity index (χ1) is 14.0. The van der Waals surface area contributed by atoms with Crippen molar-refractivity contribution in [2.75, 3.05) is 33.2 Å². The molecule has 0 aromatic rings. The number of hydrogen-bond acceptors (Lipinski definition) is 6. The summed E-state index contributed by atoms with van der Waals surface area (Å²) < 4.78 is 13.6. The summed E-state index contributed by atoms with van der Waals surface area (Å²) in [5.74, 6) is 0.243. The number of likely N-dealkylation sites (tertiary alicyclic amines) is 1. The Morgan fingerprint density at radius 2 is 2.14 bits per heavy atom. The first kappa shape index (κ1) is 21.0. The maximum atomic E-state index is 13.6. The number of nitrogens with one attached hydrogen (secondary N) is 3. The van der Waals surface area contributed by atoms with Gasteiger partial charge in [0.25, 0.3) is 0 Å². The van der Waals surface area contributed by atoms with Gasteiger partial charge in [0.2, 0.25) is 11.8 Å². The summed E-state index contributed by atoms with van der Waals surface area (Å²) in [4.78, 5) is 32.4. The van der Waals surface area contributed by atoms with E-state index in [0.29, 0.717) is 31.7 Å². The molecular formula is C20H34FN5O3. The second kappa shape index (κ2) is 9.24. The van der Waals surface area contributed by atoms with Crippen LogP contribution in [0.1, 0.15) is 44.9 Å². The Morgan fingerprint density at radius 3 is 2.97 bits per heavy atom. The number of halogens is 1. The molecule has 6 unspecified atom stereocenters. The molecule has 3 heterocycles. The summed E-state index contributed by atoms with van der Waals surface area (Å²) in [5, 5.41) is 5.20. The lowest BCUT2D eigenvalue weighted by atomic mass is 9.88. The van der Waals surface area contributed by atoms with Crippen LogP contribution in [0.25, 0.3) is 0 Å². The van der Waals surface area contributed by atoms with E-state index in [1.54, 1.807) is 4.90 Å². The molecule has 3 aliphatic heterocycles. The molecule has 8 nitrogen and oxygen atoms in total. The maximum absolute atomic E-state index is 13.6. The van der Waals surface area contributed by atoms with E-state index >= 15 is 0 Å². The normalized spacial score (nSPS) is 39.1. The van der Waals surface area contributed by atoms with Crippen molar-refractivity contribution in [3.05, 3.63) is 0 Å². The smallest absolute Gasteiger partial charge is 0.239 e. The highest BCUT2D eigenvalue weighted by atomic mass is 19.1. The van der Waals surface area contributed by atoms with Gasteiger partial charge in [-0.2, -0.15) is 5.48 Å². The van der Waals surface area contributed by atoms with Crippen molar-refractivity contribution in [1.82, 2.24) is 26.1 Å². The van der Waals surface area contributed by atoms with Crippen molar-refractivity contribution < 1.29 is 18.8 Å². The monoisotopic (exact) mass is 411 g/mol. The zero-order valence-corrected chi connectivity index (χ0v) is 17.2. The van der Waals surface area contributed by atoms with Gasteiger partial charge in [-0.25, -0.2) is 9.40 Å². The minimum atomic E-state index is -0.663. The largest absolute Gasteiger partial charge is 0.349 e. The Hall–Kier alpha value is -1.29. The van der Waals surface area contributed by atoms with Gasteiger partial charge in [0.1, 0.15) is 12.2 Å². The third kappa shape index (κ3) is 5.07. The zero-order valence-electron chi connectivity index (χ0n) is 17.2. The predicted octanol–water partition coefficient (Wildman–Crippen LogP) is 0.350. The highest BCUT2D eigenvalue weighted by Gasteiger charge is 2.41. The molecule has 1 aliphatic carbocycles. The molecule has 4 fully saturated rings. The maximum Gasteiger partial charge on any atom is 0.239 e. The molecule has 29 heavy (non-hydrogen) atoms. The van der Waals surface area contributed by atoms with Crippen LogP contribution in [0.3, 0.4) is 0 Å². The average molecular weight is 412 g/mol. The number of nitrogens with zero attached hydrogens (tertiary/aromatic N) is 2. The third-order valence-corrected chi connectivity index (χ3v) is 6.84. The van der Waals surface area contributed by atoms with Crippen molar-refractivity contribution in [3.8, 4) is 0 Å². The van der Waals surface area contributed by atoms with E-state index in [-0.39, 0.29) is 29.9 Å². The van der Waals surface area contributed by atoms with Crippen LogP contribution in [-0.4, -0.2) is 79.3 Å². The van der Waals surface area contributed by atoms with Crippen molar-refractivity contribution in [2.45, 2.75) is 69.3 Å². The molecule has 2 amide bonds. The van der Waals surface area contributed by atoms with Gasteiger partial charge < -0.3 is 10.2 Å². The van der Waals surface area contributed by atoms with Gasteiger partial charge in [0.15, 0.2) is 0 Å². The van der Waals surface area contributed by atoms with Crippen LogP contribution < -0.4 is 16.2 Å². The molecule has 0 radical (unpaired) electrons. The molecule has 0 spiro atoms. The molecule has 4 aliphatic rings. The van der Waals surface area contributed by atoms with Crippen molar-refractivity contribution in [3.63, 3.8) is 0 Å². The SMILES string of the molecule is CN1CCCC(C2CC(C(=O)NC3CNN(CC4CCCC(F)C4)C3)NO2)C1=O. The second-order valence-corrected chi connectivity index (χ2v) is 9.17. The quantitative estimate of drug-likeness (QED) is 0.605. The fourth-order valence-corrected chi connectivity index (χ4v) is 5.19. The number of rotatable bonds is 5. The van der Waals surface area contributed by atoms with Crippen LogP contribution in [0.5, 0.6) is 0 Å². The van der Waals surface area contributed by atoms with Crippen LogP contribution in [0.2, 0.25) is 0 Å². The second-order valence-electron chi connectivity index (χ2n) is 9.17. The predicted molar refractivity (Wildman–Crippen MR) is 105 cm³/mol. The van der Waals surface area contributed by atoms with E-state index < -0.39 is 12.2 Å². The van der Waals surface area contributed by atoms with Gasteiger partial charge in [-0.1, -0.05) is 6.42 Å². The van der Waals surface area contributed by atoms with Crippen LogP contribution in [0, 0.1) is 11.8 Å². The zero-order chi connectivity index (χ0) is 20.4. The topological polar surface area (TPSA) is 85.9 Å². The first-order valence-corrected chi connectivity index (χ1v) is 11.1. The van der Waals surface area contributed by atoms with E-state index in [0.717, 1.165) is 45.3 Å². The summed E-state index contributed by atoms with van der Waals surface area (Å²) in [5.41, 5.74) is 6.17. The highest BCUT2D eigenvalue weighted by Crippen LogP contribution is 2.28. The van der Waals surface area contributed by atoms with Gasteiger partial charge in [0, 0.05) is 39.6 Å². The number of piperidine rings is 1. The number of carbonyl (C=O) groups is 2. The lowest BCUT2D eigenvalue weighted by molar-refractivity contribution is -0.143. The highest BCUT2D eigenvalue weighted by molar-refractivity contribution is 5.83. The van der Waals surface area contributed by atoms with Gasteiger partial charge in [0.05, 0.1) is 18.1 Å². The van der Waals surface area contributed by atoms with Gasteiger partial charge in [-0.15, -0.1) is 0 Å². The molecule has 0 aromatic carbocycles. The number of carbonyl (C=O) groups excluding carboxylic acids is 2. The van der Waals surface area contributed by atoms with E-state index in [4.69, 9.17) is 4.84 Å². The third-order valence-electron chi connectivity index (χ3n) is 6.84. The lowest BCUT2D eigenvalue weighted by Crippen LogP contribution is -2.47. The van der Waals surface area contributed by atoms with Crippen LogP contribution in [0.15, 0.2) is 0 Å². The number of hydroxylamine groups is 1. The lowest BCUT2D eigenvalue weighted by Gasteiger charge is -2.31. The van der Waals surface area contributed by atoms with Gasteiger partial charge in [-0.3, -0.25) is 19.9 Å². The molecule has 9 heteroatoms. The Labute approximate surface area is 171 Å². The molecule has 4 rings (SSSR count). The van der Waals surface area contributed by atoms with E-state index in [1.165, 1.54) is 0 Å². The van der Waals surface area contributed by atoms with Crippen molar-refractivity contribution >= 4 is 11.8 Å². The Bertz CT molecular complexity index is 609. The fraction of sp³-hybridized carbons (Fsp3) is 0.900. The summed E-state index contributed by atoms with van der Waals surface area (Å²) >= 11 is 0. The summed E-state index contributed by atoms with van der Waals surface area (Å²) in [6.07, 6.45) is 4.77. The molecular weight excluding hydrogens is 377 g/mol. The Kier molecular flexibility index (Phi) is 6.68. The number of amides is 2. The first-order valence-electron chi connectivity index (χ1n) is 11.1. The van der Waals surface area contributed by atoms with Crippen LogP contribution >= 0.6 is 0 Å². The minimum Gasteiger partial charge on any atom is -0.349 e. The number of hydrazine groups is 1. The number of hydrogen-bond donors (Lipinski definition) is 3. The molecule has 3 N–H and O–H groups in total. The van der Waals surface area contributed by atoms with E-state index in [9.17, 15) is 14.0 Å². The standard InChI is InChI=1S/C20H34FN5O3/c1-25-7-3-6-16(20(25)28)18-9-17(24-29-18)19(27)23-15-10-22-26(12-15)11-13-4-2-5-14(21)8-13/h13-18,22,24H,2-12H2,1H3,(H,23,27). The van der Waals surface area contributed by atoms with Crippen molar-refractivity contribution in [2.24, 2.45) is 11.8 Å². The Balaban J connectivity index is 1.20. The van der Waals surface area contributed by atoms with Crippen LogP contribution in [-0.2, 0) is 14.4 Å². The summed E-state index contributed by atoms with van der Waals surface area (Å²) in [6.45, 7) is 3.02. The van der Waals surface area contributed by atoms with Gasteiger partial charge in [-0.05, 0) is 38.0 Å². The van der Waals surface area contributed by atoms with Crippen molar-refractivity contribution in [1.29, 1.82) is 0 Å². The average Bonchev–Trinajstić information content (AvgIpc) is 3.34. The molecule has 0 aromatic heterocycles. The molecule has 6 atom stereocenters. The number of alkyl halides is 1. The summed E-state index contributed by atoms with van der Waals surface area (Å²) in [6, 6.07) is -0.407. The fourth-order valence-electron chi connectivity index (χ4n) is 5.19. The van der Waals surface area contributed by atoms with E-state index in [2.05, 4.69) is 21.2 Å². The molecule has 3 saturated heterocycles. The van der Waals surface area contributed by atoms with Gasteiger partial charge >= 0.3 is 0 Å². The van der Waals surface area contributed by atoms with E-state index in [1.807, 2.05) is 7.05 Å². The Morgan fingerprint density at radius 1 is 1.28 bits per heavy atom. The van der Waals surface area contributed by atoms with Crippen LogP contribution in [0.4, 0.5) is 4.39 Å². The molecule has 1 saturated carbocycles. The minimum absolute atomic E-state index is 0.0237. The summed E-state index contributed by atoms with van der Waals surface area (Å²) in [7, 11) is 1.82. The molecule has 0 bridgehead atoms.